The van der Waals surface area contributed by atoms with Crippen LogP contribution >= 0.6 is 0 Å². The molecule has 2 fully saturated rings. The molecule has 2 N–H and O–H groups in total. The second-order valence-corrected chi connectivity index (χ2v) is 3.93. The highest BCUT2D eigenvalue weighted by Crippen LogP contribution is 2.30. The van der Waals surface area contributed by atoms with E-state index in [1.807, 2.05) is 0 Å². The maximum absolute atomic E-state index is 9.42. The quantitative estimate of drug-likeness (QED) is 0.544. The molecule has 3 atom stereocenters. The van der Waals surface area contributed by atoms with Gasteiger partial charge in [0, 0.05) is 6.04 Å². The number of nitrogens with one attached hydrogen (secondary N) is 1. The molecule has 64 valence electrons. The summed E-state index contributed by atoms with van der Waals surface area (Å²) in [5.41, 5.74) is 0. The number of hydrogen-bond donors (Lipinski definition) is 2. The van der Waals surface area contributed by atoms with Crippen molar-refractivity contribution in [3.05, 3.63) is 0 Å². The number of rotatable bonds is 0. The Kier molecular flexibility index (Phi) is 2.14. The molecule has 0 radical (unpaired) electrons. The van der Waals surface area contributed by atoms with Crippen LogP contribution in [0.15, 0.2) is 0 Å². The van der Waals surface area contributed by atoms with Crippen molar-refractivity contribution in [3.63, 3.8) is 0 Å². The first kappa shape index (κ1) is 7.56. The van der Waals surface area contributed by atoms with E-state index in [0.717, 1.165) is 24.8 Å². The number of piperidine rings is 1. The van der Waals surface area contributed by atoms with Gasteiger partial charge in [-0.15, -0.1) is 0 Å². The van der Waals surface area contributed by atoms with Crippen LogP contribution in [0.2, 0.25) is 0 Å². The standard InChI is InChI=1S/C9H17NO/c11-8-3-4-9-7(6-8)2-1-5-10-9/h7-11H,1-6H2/t7-,8+,9+/m1/s1. The van der Waals surface area contributed by atoms with Crippen LogP contribution in [0.5, 0.6) is 0 Å². The number of fused-ring (bicyclic) bond motifs is 1. The van der Waals surface area contributed by atoms with Crippen LogP contribution in [0.1, 0.15) is 32.1 Å². The van der Waals surface area contributed by atoms with Crippen LogP contribution in [-0.4, -0.2) is 23.8 Å². The van der Waals surface area contributed by atoms with Gasteiger partial charge in [-0.1, -0.05) is 0 Å². The molecule has 1 saturated heterocycles. The lowest BCUT2D eigenvalue weighted by Crippen LogP contribution is -2.45. The minimum Gasteiger partial charge on any atom is -0.393 e. The van der Waals surface area contributed by atoms with Crippen molar-refractivity contribution in [1.82, 2.24) is 5.32 Å². The van der Waals surface area contributed by atoms with Crippen LogP contribution in [0.4, 0.5) is 0 Å². The van der Waals surface area contributed by atoms with Gasteiger partial charge in [0.15, 0.2) is 0 Å². The summed E-state index contributed by atoms with van der Waals surface area (Å²) in [6, 6.07) is 0.729. The monoisotopic (exact) mass is 155 g/mol. The fourth-order valence-electron chi connectivity index (χ4n) is 2.48. The number of aliphatic hydroxyl groups is 1. The highest BCUT2D eigenvalue weighted by Gasteiger charge is 2.30. The zero-order chi connectivity index (χ0) is 7.68. The molecule has 2 heteroatoms. The van der Waals surface area contributed by atoms with E-state index in [1.165, 1.54) is 25.8 Å². The van der Waals surface area contributed by atoms with Crippen LogP contribution in [-0.2, 0) is 0 Å². The summed E-state index contributed by atoms with van der Waals surface area (Å²) in [6.45, 7) is 1.19. The molecule has 1 aliphatic heterocycles. The van der Waals surface area contributed by atoms with E-state index in [0.29, 0.717) is 0 Å². The second kappa shape index (κ2) is 3.11. The number of aliphatic hydroxyl groups excluding tert-OH is 1. The Labute approximate surface area is 68.0 Å². The van der Waals surface area contributed by atoms with E-state index in [2.05, 4.69) is 5.32 Å². The topological polar surface area (TPSA) is 32.3 Å². The van der Waals surface area contributed by atoms with E-state index < -0.39 is 0 Å². The zero-order valence-electron chi connectivity index (χ0n) is 6.92. The molecule has 0 aromatic heterocycles. The number of hydrogen-bond acceptors (Lipinski definition) is 2. The smallest absolute Gasteiger partial charge is 0.0544 e. The lowest BCUT2D eigenvalue weighted by Gasteiger charge is -2.38. The first-order chi connectivity index (χ1) is 5.36. The maximum atomic E-state index is 9.42. The molecule has 2 rings (SSSR count). The fraction of sp³-hybridized carbons (Fsp3) is 1.00. The summed E-state index contributed by atoms with van der Waals surface area (Å²) in [5, 5.41) is 13.0. The molecule has 0 amide bonds. The van der Waals surface area contributed by atoms with Crippen LogP contribution < -0.4 is 5.32 Å². The molecule has 0 aromatic rings. The normalized spacial score (nSPS) is 45.0. The van der Waals surface area contributed by atoms with Gasteiger partial charge in [0.05, 0.1) is 6.10 Å². The summed E-state index contributed by atoms with van der Waals surface area (Å²) in [5.74, 6) is 0.771. The summed E-state index contributed by atoms with van der Waals surface area (Å²) < 4.78 is 0. The third-order valence-electron chi connectivity index (χ3n) is 3.11. The van der Waals surface area contributed by atoms with Crippen LogP contribution in [0, 0.1) is 5.92 Å². The van der Waals surface area contributed by atoms with Crippen molar-refractivity contribution in [2.75, 3.05) is 6.54 Å². The summed E-state index contributed by atoms with van der Waals surface area (Å²) in [4.78, 5) is 0. The minimum absolute atomic E-state index is 0.00356. The molecule has 2 aliphatic rings. The van der Waals surface area contributed by atoms with E-state index in [4.69, 9.17) is 0 Å². The Balaban J connectivity index is 1.93. The predicted octanol–water partition coefficient (Wildman–Crippen LogP) is 0.899. The van der Waals surface area contributed by atoms with Gasteiger partial charge in [0.25, 0.3) is 0 Å². The molecule has 0 spiro atoms. The fourth-order valence-corrected chi connectivity index (χ4v) is 2.48. The SMILES string of the molecule is O[C@H]1CC[C@@H]2NCCC[C@@H]2C1. The van der Waals surface area contributed by atoms with E-state index >= 15 is 0 Å². The molecular formula is C9H17NO. The Bertz CT molecular complexity index is 138. The third-order valence-corrected chi connectivity index (χ3v) is 3.11. The molecule has 11 heavy (non-hydrogen) atoms. The van der Waals surface area contributed by atoms with Crippen LogP contribution in [0.3, 0.4) is 0 Å². The predicted molar refractivity (Wildman–Crippen MR) is 44.4 cm³/mol. The minimum atomic E-state index is -0.00356. The van der Waals surface area contributed by atoms with Gasteiger partial charge < -0.3 is 10.4 Å². The van der Waals surface area contributed by atoms with Gasteiger partial charge >= 0.3 is 0 Å². The Morgan fingerprint density at radius 3 is 3.00 bits per heavy atom. The van der Waals surface area contributed by atoms with Gasteiger partial charge in [0.1, 0.15) is 0 Å². The summed E-state index contributed by atoms with van der Waals surface area (Å²) >= 11 is 0. The van der Waals surface area contributed by atoms with E-state index in [-0.39, 0.29) is 6.10 Å². The van der Waals surface area contributed by atoms with Crippen molar-refractivity contribution in [1.29, 1.82) is 0 Å². The first-order valence-electron chi connectivity index (χ1n) is 4.78. The molecular weight excluding hydrogens is 138 g/mol. The van der Waals surface area contributed by atoms with Crippen molar-refractivity contribution >= 4 is 0 Å². The molecule has 1 saturated carbocycles. The highest BCUT2D eigenvalue weighted by molar-refractivity contribution is 4.87. The lowest BCUT2D eigenvalue weighted by molar-refractivity contribution is 0.0679. The average molecular weight is 155 g/mol. The molecule has 1 heterocycles. The summed E-state index contributed by atoms with van der Waals surface area (Å²) in [7, 11) is 0. The molecule has 2 nitrogen and oxygen atoms in total. The first-order valence-corrected chi connectivity index (χ1v) is 4.78. The Morgan fingerprint density at radius 1 is 1.18 bits per heavy atom. The third kappa shape index (κ3) is 1.57. The largest absolute Gasteiger partial charge is 0.393 e. The zero-order valence-corrected chi connectivity index (χ0v) is 6.92. The van der Waals surface area contributed by atoms with Gasteiger partial charge in [-0.3, -0.25) is 0 Å². The average Bonchev–Trinajstić information content (AvgIpc) is 2.04. The van der Waals surface area contributed by atoms with Gasteiger partial charge in [0.2, 0.25) is 0 Å². The van der Waals surface area contributed by atoms with Crippen molar-refractivity contribution < 1.29 is 5.11 Å². The second-order valence-electron chi connectivity index (χ2n) is 3.93. The van der Waals surface area contributed by atoms with Gasteiger partial charge in [-0.05, 0) is 44.6 Å². The summed E-state index contributed by atoms with van der Waals surface area (Å²) in [6.07, 6.45) is 5.86. The Morgan fingerprint density at radius 2 is 2.09 bits per heavy atom. The maximum Gasteiger partial charge on any atom is 0.0544 e. The highest BCUT2D eigenvalue weighted by atomic mass is 16.3. The van der Waals surface area contributed by atoms with Crippen LogP contribution in [0.25, 0.3) is 0 Å². The lowest BCUT2D eigenvalue weighted by atomic mass is 9.78. The molecule has 0 aromatic carbocycles. The van der Waals surface area contributed by atoms with E-state index in [1.54, 1.807) is 0 Å². The molecule has 0 bridgehead atoms. The van der Waals surface area contributed by atoms with Gasteiger partial charge in [-0.25, -0.2) is 0 Å². The van der Waals surface area contributed by atoms with Crippen molar-refractivity contribution in [3.8, 4) is 0 Å². The van der Waals surface area contributed by atoms with Gasteiger partial charge in [-0.2, -0.15) is 0 Å². The molecule has 1 aliphatic carbocycles. The van der Waals surface area contributed by atoms with Crippen molar-refractivity contribution in [2.45, 2.75) is 44.2 Å². The van der Waals surface area contributed by atoms with Crippen molar-refractivity contribution in [2.24, 2.45) is 5.92 Å². The van der Waals surface area contributed by atoms with E-state index in [9.17, 15) is 5.11 Å². The Hall–Kier alpha value is -0.0800. The molecule has 0 unspecified atom stereocenters.